The molecule has 0 saturated carbocycles. The van der Waals surface area contributed by atoms with E-state index in [1.165, 1.54) is 0 Å². The first-order chi connectivity index (χ1) is 9.58. The summed E-state index contributed by atoms with van der Waals surface area (Å²) < 4.78 is 0. The van der Waals surface area contributed by atoms with Gasteiger partial charge in [-0.2, -0.15) is 0 Å². The molecule has 0 spiro atoms. The Bertz CT molecular complexity index is 569. The smallest absolute Gasteiger partial charge is 0.241 e. The number of hydrogen-bond donors (Lipinski definition) is 2. The van der Waals surface area contributed by atoms with E-state index in [2.05, 4.69) is 5.32 Å². The zero-order valence-electron chi connectivity index (χ0n) is 11.2. The summed E-state index contributed by atoms with van der Waals surface area (Å²) in [5.41, 5.74) is 7.74. The molecule has 0 fully saturated rings. The summed E-state index contributed by atoms with van der Waals surface area (Å²) >= 11 is 5.85. The van der Waals surface area contributed by atoms with Crippen molar-refractivity contribution in [2.75, 3.05) is 0 Å². The van der Waals surface area contributed by atoms with Crippen LogP contribution >= 0.6 is 11.6 Å². The van der Waals surface area contributed by atoms with Crippen LogP contribution in [0.5, 0.6) is 0 Å². The molecule has 2 rings (SSSR count). The molecule has 2 atom stereocenters. The lowest BCUT2D eigenvalue weighted by molar-refractivity contribution is -0.123. The minimum absolute atomic E-state index is 0.116. The number of hydrogen-bond acceptors (Lipinski definition) is 2. The van der Waals surface area contributed by atoms with E-state index in [4.69, 9.17) is 17.3 Å². The van der Waals surface area contributed by atoms with E-state index in [1.54, 1.807) is 12.1 Å². The Kier molecular flexibility index (Phi) is 4.77. The fourth-order valence-corrected chi connectivity index (χ4v) is 2.08. The third-order valence-electron chi connectivity index (χ3n) is 3.17. The van der Waals surface area contributed by atoms with Crippen LogP contribution in [-0.4, -0.2) is 5.91 Å². The maximum Gasteiger partial charge on any atom is 0.241 e. The highest BCUT2D eigenvalue weighted by Gasteiger charge is 2.17. The highest BCUT2D eigenvalue weighted by atomic mass is 35.5. The third-order valence-corrected chi connectivity index (χ3v) is 3.42. The molecular weight excluding hydrogens is 272 g/mol. The molecule has 0 aliphatic heterocycles. The molecule has 1 amide bonds. The largest absolute Gasteiger partial charge is 0.348 e. The van der Waals surface area contributed by atoms with Crippen molar-refractivity contribution in [3.05, 3.63) is 70.7 Å². The summed E-state index contributed by atoms with van der Waals surface area (Å²) in [6, 6.07) is 15.9. The molecular formula is C16H17ClN2O. The number of benzene rings is 2. The van der Waals surface area contributed by atoms with Crippen molar-refractivity contribution in [1.82, 2.24) is 5.32 Å². The second kappa shape index (κ2) is 6.55. The SMILES string of the molecule is C[C@@H](NC(=O)C(N)c1ccccc1)c1ccc(Cl)cc1. The normalized spacial score (nSPS) is 13.6. The first kappa shape index (κ1) is 14.6. The highest BCUT2D eigenvalue weighted by molar-refractivity contribution is 6.30. The van der Waals surface area contributed by atoms with Gasteiger partial charge in [-0.05, 0) is 30.2 Å². The standard InChI is InChI=1S/C16H17ClN2O/c1-11(12-7-9-14(17)10-8-12)19-16(20)15(18)13-5-3-2-4-6-13/h2-11,15H,18H2,1H3,(H,19,20)/t11-,15?/m1/s1. The number of nitrogens with one attached hydrogen (secondary N) is 1. The van der Waals surface area contributed by atoms with Crippen LogP contribution in [-0.2, 0) is 4.79 Å². The van der Waals surface area contributed by atoms with E-state index in [0.717, 1.165) is 11.1 Å². The Morgan fingerprint density at radius 1 is 1.05 bits per heavy atom. The van der Waals surface area contributed by atoms with Gasteiger partial charge in [0.25, 0.3) is 0 Å². The number of halogens is 1. The Balaban J connectivity index is 2.02. The van der Waals surface area contributed by atoms with Crippen LogP contribution < -0.4 is 11.1 Å². The summed E-state index contributed by atoms with van der Waals surface area (Å²) in [6.45, 7) is 1.92. The Hall–Kier alpha value is -1.84. The Morgan fingerprint density at radius 3 is 2.25 bits per heavy atom. The molecule has 3 N–H and O–H groups in total. The van der Waals surface area contributed by atoms with Crippen LogP contribution in [0.15, 0.2) is 54.6 Å². The molecule has 104 valence electrons. The van der Waals surface area contributed by atoms with Crippen molar-refractivity contribution < 1.29 is 4.79 Å². The monoisotopic (exact) mass is 288 g/mol. The summed E-state index contributed by atoms with van der Waals surface area (Å²) in [4.78, 5) is 12.1. The molecule has 0 aromatic heterocycles. The molecule has 1 unspecified atom stereocenters. The van der Waals surface area contributed by atoms with E-state index < -0.39 is 6.04 Å². The van der Waals surface area contributed by atoms with Crippen molar-refractivity contribution in [3.8, 4) is 0 Å². The molecule has 0 heterocycles. The average Bonchev–Trinajstić information content (AvgIpc) is 2.48. The minimum Gasteiger partial charge on any atom is -0.348 e. The van der Waals surface area contributed by atoms with E-state index in [1.807, 2.05) is 49.4 Å². The fraction of sp³-hybridized carbons (Fsp3) is 0.188. The molecule has 0 bridgehead atoms. The van der Waals surface area contributed by atoms with E-state index in [-0.39, 0.29) is 11.9 Å². The average molecular weight is 289 g/mol. The van der Waals surface area contributed by atoms with E-state index >= 15 is 0 Å². The maximum absolute atomic E-state index is 12.1. The quantitative estimate of drug-likeness (QED) is 0.907. The number of nitrogens with two attached hydrogens (primary N) is 1. The number of rotatable bonds is 4. The van der Waals surface area contributed by atoms with Crippen molar-refractivity contribution >= 4 is 17.5 Å². The maximum atomic E-state index is 12.1. The Morgan fingerprint density at radius 2 is 1.65 bits per heavy atom. The van der Waals surface area contributed by atoms with Gasteiger partial charge in [0.05, 0.1) is 6.04 Å². The lowest BCUT2D eigenvalue weighted by atomic mass is 10.1. The van der Waals surface area contributed by atoms with Gasteiger partial charge in [-0.25, -0.2) is 0 Å². The second-order valence-corrected chi connectivity index (χ2v) is 5.11. The molecule has 4 heteroatoms. The lowest BCUT2D eigenvalue weighted by Gasteiger charge is -2.18. The van der Waals surface area contributed by atoms with Crippen molar-refractivity contribution in [3.63, 3.8) is 0 Å². The van der Waals surface area contributed by atoms with Gasteiger partial charge in [-0.1, -0.05) is 54.1 Å². The Labute approximate surface area is 123 Å². The molecule has 0 aliphatic rings. The lowest BCUT2D eigenvalue weighted by Crippen LogP contribution is -2.35. The second-order valence-electron chi connectivity index (χ2n) is 4.67. The predicted octanol–water partition coefficient (Wildman–Crippen LogP) is 3.22. The third kappa shape index (κ3) is 3.59. The predicted molar refractivity (Wildman–Crippen MR) is 81.4 cm³/mol. The zero-order valence-corrected chi connectivity index (χ0v) is 12.0. The van der Waals surface area contributed by atoms with Crippen molar-refractivity contribution in [2.45, 2.75) is 19.0 Å². The van der Waals surface area contributed by atoms with Crippen LogP contribution in [0.4, 0.5) is 0 Å². The van der Waals surface area contributed by atoms with Gasteiger partial charge in [0.15, 0.2) is 0 Å². The summed E-state index contributed by atoms with van der Waals surface area (Å²) in [6.07, 6.45) is 0. The molecule has 2 aromatic carbocycles. The van der Waals surface area contributed by atoms with Gasteiger partial charge >= 0.3 is 0 Å². The van der Waals surface area contributed by atoms with Gasteiger partial charge < -0.3 is 11.1 Å². The van der Waals surface area contributed by atoms with E-state index in [0.29, 0.717) is 5.02 Å². The first-order valence-corrected chi connectivity index (χ1v) is 6.82. The molecule has 2 aromatic rings. The number of carbonyl (C=O) groups is 1. The van der Waals surface area contributed by atoms with Crippen LogP contribution in [0, 0.1) is 0 Å². The fourth-order valence-electron chi connectivity index (χ4n) is 1.95. The van der Waals surface area contributed by atoms with Crippen molar-refractivity contribution in [1.29, 1.82) is 0 Å². The van der Waals surface area contributed by atoms with Gasteiger partial charge in [-0.15, -0.1) is 0 Å². The topological polar surface area (TPSA) is 55.1 Å². The minimum atomic E-state index is -0.661. The molecule has 0 saturated heterocycles. The number of carbonyl (C=O) groups excluding carboxylic acids is 1. The number of amides is 1. The molecule has 20 heavy (non-hydrogen) atoms. The highest BCUT2D eigenvalue weighted by Crippen LogP contribution is 2.17. The van der Waals surface area contributed by atoms with Crippen molar-refractivity contribution in [2.24, 2.45) is 5.73 Å². The summed E-state index contributed by atoms with van der Waals surface area (Å²) in [7, 11) is 0. The van der Waals surface area contributed by atoms with Gasteiger partial charge in [-0.3, -0.25) is 4.79 Å². The van der Waals surface area contributed by atoms with E-state index in [9.17, 15) is 4.79 Å². The molecule has 3 nitrogen and oxygen atoms in total. The van der Waals surface area contributed by atoms with Gasteiger partial charge in [0, 0.05) is 5.02 Å². The van der Waals surface area contributed by atoms with Crippen LogP contribution in [0.1, 0.15) is 30.1 Å². The first-order valence-electron chi connectivity index (χ1n) is 6.44. The summed E-state index contributed by atoms with van der Waals surface area (Å²) in [5.74, 6) is -0.196. The summed E-state index contributed by atoms with van der Waals surface area (Å²) in [5, 5.41) is 3.58. The van der Waals surface area contributed by atoms with Crippen LogP contribution in [0.2, 0.25) is 5.02 Å². The van der Waals surface area contributed by atoms with Crippen LogP contribution in [0.25, 0.3) is 0 Å². The molecule has 0 aliphatic carbocycles. The molecule has 0 radical (unpaired) electrons. The van der Waals surface area contributed by atoms with Gasteiger partial charge in [0.2, 0.25) is 5.91 Å². The van der Waals surface area contributed by atoms with Crippen LogP contribution in [0.3, 0.4) is 0 Å². The van der Waals surface area contributed by atoms with Gasteiger partial charge in [0.1, 0.15) is 6.04 Å². The zero-order chi connectivity index (χ0) is 14.5.